The maximum absolute atomic E-state index is 11.6. The molecule has 1 saturated heterocycles. The molecule has 148 valence electrons. The maximum Gasteiger partial charge on any atom is 0.490 e. The Labute approximate surface area is 142 Å². The van der Waals surface area contributed by atoms with Gasteiger partial charge in [0.15, 0.2) is 0 Å². The normalized spacial score (nSPS) is 29.0. The Kier molecular flexibility index (Phi) is 7.95. The van der Waals surface area contributed by atoms with Crippen molar-refractivity contribution in [2.75, 3.05) is 13.2 Å². The zero-order chi connectivity index (χ0) is 19.5. The van der Waals surface area contributed by atoms with Crippen LogP contribution in [0.5, 0.6) is 0 Å². The summed E-state index contributed by atoms with van der Waals surface area (Å²) in [5.74, 6) is -0.877. The first-order valence-corrected chi connectivity index (χ1v) is 11.3. The van der Waals surface area contributed by atoms with Gasteiger partial charge >= 0.3 is 29.4 Å². The van der Waals surface area contributed by atoms with Gasteiger partial charge in [-0.25, -0.2) is 13.7 Å². The highest BCUT2D eigenvalue weighted by atomic mass is 31.3. The van der Waals surface area contributed by atoms with Crippen molar-refractivity contribution in [1.82, 2.24) is 0 Å². The molecule has 1 aliphatic rings. The van der Waals surface area contributed by atoms with Crippen molar-refractivity contribution >= 4 is 29.4 Å². The standard InChI is InChI=1S/C9H19O13P3/c1-6-3-8(4-18-7(2)10)9(20-6)5-19-24(14,15)22-25(16,17)21-23(11,12)13/h6,8-9H,3-5H2,1-2H3,(H,14,15)(H,16,17)(H2,11,12,13)/t6-,8+,9+/m0/s1. The third-order valence-corrected chi connectivity index (χ3v) is 6.69. The minimum atomic E-state index is -5.56. The van der Waals surface area contributed by atoms with E-state index < -0.39 is 42.1 Å². The van der Waals surface area contributed by atoms with Gasteiger partial charge in [-0.05, 0) is 13.3 Å². The number of phosphoric ester groups is 1. The van der Waals surface area contributed by atoms with E-state index in [4.69, 9.17) is 24.2 Å². The monoisotopic (exact) mass is 428 g/mol. The van der Waals surface area contributed by atoms with Crippen LogP contribution in [0.15, 0.2) is 0 Å². The fraction of sp³-hybridized carbons (Fsp3) is 0.889. The number of rotatable bonds is 9. The van der Waals surface area contributed by atoms with Gasteiger partial charge in [0.25, 0.3) is 0 Å². The van der Waals surface area contributed by atoms with E-state index in [1.54, 1.807) is 6.92 Å². The molecule has 2 unspecified atom stereocenters. The number of hydrogen-bond acceptors (Lipinski definition) is 9. The van der Waals surface area contributed by atoms with Crippen molar-refractivity contribution in [2.45, 2.75) is 32.5 Å². The Bertz CT molecular complexity index is 614. The van der Waals surface area contributed by atoms with Gasteiger partial charge in [0.1, 0.15) is 0 Å². The Morgan fingerprint density at radius 3 is 2.20 bits per heavy atom. The van der Waals surface area contributed by atoms with E-state index in [0.717, 1.165) is 0 Å². The average Bonchev–Trinajstić information content (AvgIpc) is 2.70. The Hall–Kier alpha value is -0.160. The summed E-state index contributed by atoms with van der Waals surface area (Å²) in [6.07, 6.45) is -0.563. The smallest absolute Gasteiger partial charge is 0.465 e. The second kappa shape index (κ2) is 8.69. The van der Waals surface area contributed by atoms with Crippen LogP contribution in [-0.4, -0.2) is 51.0 Å². The number of carbonyl (C=O) groups is 1. The fourth-order valence-electron chi connectivity index (χ4n) is 2.09. The average molecular weight is 428 g/mol. The number of phosphoric acid groups is 3. The lowest BCUT2D eigenvalue weighted by molar-refractivity contribution is -0.143. The van der Waals surface area contributed by atoms with Crippen molar-refractivity contribution in [3.05, 3.63) is 0 Å². The predicted octanol–water partition coefficient (Wildman–Crippen LogP) is 0.686. The molecular formula is C9H19O13P3. The van der Waals surface area contributed by atoms with Gasteiger partial charge in [0.2, 0.25) is 0 Å². The molecule has 0 aromatic rings. The van der Waals surface area contributed by atoms with Crippen LogP contribution in [0, 0.1) is 5.92 Å². The van der Waals surface area contributed by atoms with Crippen LogP contribution in [-0.2, 0) is 41.1 Å². The molecule has 0 aromatic carbocycles. The minimum absolute atomic E-state index is 0.0237. The van der Waals surface area contributed by atoms with Crippen LogP contribution in [0.25, 0.3) is 0 Å². The Morgan fingerprint density at radius 1 is 1.08 bits per heavy atom. The summed E-state index contributed by atoms with van der Waals surface area (Å²) in [5.41, 5.74) is 0. The number of carbonyl (C=O) groups excluding carboxylic acids is 1. The molecule has 0 amide bonds. The minimum Gasteiger partial charge on any atom is -0.465 e. The van der Waals surface area contributed by atoms with Crippen molar-refractivity contribution < 1.29 is 60.7 Å². The molecule has 1 heterocycles. The Morgan fingerprint density at radius 2 is 1.68 bits per heavy atom. The van der Waals surface area contributed by atoms with E-state index in [0.29, 0.717) is 6.42 Å². The molecule has 5 atom stereocenters. The molecule has 0 saturated carbocycles. The fourth-order valence-corrected chi connectivity index (χ4v) is 5.12. The summed E-state index contributed by atoms with van der Waals surface area (Å²) in [4.78, 5) is 46.1. The number of hydrogen-bond donors (Lipinski definition) is 4. The van der Waals surface area contributed by atoms with Crippen LogP contribution < -0.4 is 0 Å². The molecule has 0 aromatic heterocycles. The molecule has 0 radical (unpaired) electrons. The quantitative estimate of drug-likeness (QED) is 0.296. The van der Waals surface area contributed by atoms with Crippen LogP contribution in [0.2, 0.25) is 0 Å². The Balaban J connectivity index is 2.61. The molecule has 1 fully saturated rings. The van der Waals surface area contributed by atoms with Crippen molar-refractivity contribution in [1.29, 1.82) is 0 Å². The van der Waals surface area contributed by atoms with Crippen LogP contribution in [0.1, 0.15) is 20.3 Å². The van der Waals surface area contributed by atoms with E-state index in [1.165, 1.54) is 6.92 Å². The number of ether oxygens (including phenoxy) is 2. The molecule has 16 heteroatoms. The van der Waals surface area contributed by atoms with E-state index in [1.807, 2.05) is 0 Å². The highest BCUT2D eigenvalue weighted by Gasteiger charge is 2.42. The summed E-state index contributed by atoms with van der Waals surface area (Å²) in [5, 5.41) is 0. The number of esters is 1. The first kappa shape index (κ1) is 22.9. The van der Waals surface area contributed by atoms with Gasteiger partial charge in [0, 0.05) is 12.8 Å². The van der Waals surface area contributed by atoms with Crippen molar-refractivity contribution in [2.24, 2.45) is 5.92 Å². The maximum atomic E-state index is 11.6. The van der Waals surface area contributed by atoms with Crippen molar-refractivity contribution in [3.8, 4) is 0 Å². The van der Waals surface area contributed by atoms with Crippen LogP contribution >= 0.6 is 23.5 Å². The third-order valence-electron chi connectivity index (χ3n) is 2.89. The summed E-state index contributed by atoms with van der Waals surface area (Å²) < 4.78 is 55.3. The van der Waals surface area contributed by atoms with Crippen LogP contribution in [0.3, 0.4) is 0 Å². The van der Waals surface area contributed by atoms with Gasteiger partial charge in [0.05, 0.1) is 25.4 Å². The molecule has 0 aliphatic carbocycles. The predicted molar refractivity (Wildman–Crippen MR) is 78.9 cm³/mol. The lowest BCUT2D eigenvalue weighted by Gasteiger charge is -2.20. The van der Waals surface area contributed by atoms with Gasteiger partial charge < -0.3 is 29.0 Å². The molecule has 25 heavy (non-hydrogen) atoms. The van der Waals surface area contributed by atoms with Crippen LogP contribution in [0.4, 0.5) is 0 Å². The summed E-state index contributed by atoms with van der Waals surface area (Å²) in [6.45, 7) is 2.33. The molecule has 0 spiro atoms. The van der Waals surface area contributed by atoms with Crippen molar-refractivity contribution in [3.63, 3.8) is 0 Å². The summed E-state index contributed by atoms with van der Waals surface area (Å²) >= 11 is 0. The topological polar surface area (TPSA) is 195 Å². The van der Waals surface area contributed by atoms with Gasteiger partial charge in [-0.3, -0.25) is 9.32 Å². The second-order valence-electron chi connectivity index (χ2n) is 5.17. The summed E-state index contributed by atoms with van der Waals surface area (Å²) in [7, 11) is -16.2. The van der Waals surface area contributed by atoms with E-state index in [2.05, 4.69) is 13.1 Å². The van der Waals surface area contributed by atoms with Gasteiger partial charge in [-0.1, -0.05) is 0 Å². The molecule has 1 aliphatic heterocycles. The molecule has 13 nitrogen and oxygen atoms in total. The van der Waals surface area contributed by atoms with Gasteiger partial charge in [-0.2, -0.15) is 8.62 Å². The molecular weight excluding hydrogens is 409 g/mol. The zero-order valence-corrected chi connectivity index (χ0v) is 15.8. The third kappa shape index (κ3) is 9.37. The van der Waals surface area contributed by atoms with E-state index in [9.17, 15) is 23.4 Å². The first-order valence-electron chi connectivity index (χ1n) is 6.76. The van der Waals surface area contributed by atoms with Gasteiger partial charge in [-0.15, -0.1) is 0 Å². The SMILES string of the molecule is CC(=O)OC[C@H]1C[C@H](C)O[C@@H]1COP(=O)(O)OP(=O)(O)OP(=O)(O)O. The molecule has 0 bridgehead atoms. The summed E-state index contributed by atoms with van der Waals surface area (Å²) in [6, 6.07) is 0. The zero-order valence-electron chi connectivity index (χ0n) is 13.2. The second-order valence-corrected chi connectivity index (χ2v) is 9.59. The molecule has 1 rings (SSSR count). The highest BCUT2D eigenvalue weighted by molar-refractivity contribution is 7.66. The van der Waals surface area contributed by atoms with E-state index >= 15 is 0 Å². The highest BCUT2D eigenvalue weighted by Crippen LogP contribution is 2.66. The molecule has 4 N–H and O–H groups in total. The first-order chi connectivity index (χ1) is 11.2. The lowest BCUT2D eigenvalue weighted by Crippen LogP contribution is -2.26. The van der Waals surface area contributed by atoms with E-state index in [-0.39, 0.29) is 18.6 Å². The lowest BCUT2D eigenvalue weighted by atomic mass is 10.0. The largest absolute Gasteiger partial charge is 0.490 e.